The zero-order chi connectivity index (χ0) is 20.8. The van der Waals surface area contributed by atoms with E-state index in [9.17, 15) is 0 Å². The van der Waals surface area contributed by atoms with Crippen LogP contribution in [0.5, 0.6) is 0 Å². The first kappa shape index (κ1) is 21.6. The van der Waals surface area contributed by atoms with E-state index >= 15 is 0 Å². The summed E-state index contributed by atoms with van der Waals surface area (Å²) in [6.07, 6.45) is 3.99. The topological polar surface area (TPSA) is 36.9 Å². The first-order valence-electron chi connectivity index (χ1n) is 10.3. The van der Waals surface area contributed by atoms with Gasteiger partial charge in [0.2, 0.25) is 0 Å². The smallest absolute Gasteiger partial charge is 0.400 e. The minimum absolute atomic E-state index is 0.403. The minimum atomic E-state index is -0.476. The second-order valence-electron chi connectivity index (χ2n) is 9.90. The Labute approximate surface area is 171 Å². The second kappa shape index (κ2) is 7.32. The summed E-state index contributed by atoms with van der Waals surface area (Å²) < 4.78 is 25.3. The van der Waals surface area contributed by atoms with E-state index in [1.54, 1.807) is 0 Å². The van der Waals surface area contributed by atoms with Crippen LogP contribution in [-0.2, 0) is 25.0 Å². The maximum Gasteiger partial charge on any atom is 0.486 e. The maximum atomic E-state index is 6.33. The van der Waals surface area contributed by atoms with Gasteiger partial charge in [0, 0.05) is 0 Å². The molecule has 2 aliphatic heterocycles. The van der Waals surface area contributed by atoms with Gasteiger partial charge in [0.15, 0.2) is 0 Å². The predicted molar refractivity (Wildman–Crippen MR) is 115 cm³/mol. The molecule has 4 nitrogen and oxygen atoms in total. The van der Waals surface area contributed by atoms with E-state index in [1.807, 2.05) is 6.07 Å². The fourth-order valence-electron chi connectivity index (χ4n) is 3.31. The summed E-state index contributed by atoms with van der Waals surface area (Å²) in [5.74, 6) is 0. The van der Waals surface area contributed by atoms with Crippen LogP contribution in [0.4, 0.5) is 0 Å². The zero-order valence-electron chi connectivity index (χ0n) is 18.7. The largest absolute Gasteiger partial charge is 0.486 e. The molecule has 152 valence electrons. The van der Waals surface area contributed by atoms with Crippen LogP contribution in [0, 0.1) is 0 Å². The summed E-state index contributed by atoms with van der Waals surface area (Å²) >= 11 is 0. The molecule has 0 radical (unpaired) electrons. The van der Waals surface area contributed by atoms with E-state index in [4.69, 9.17) is 18.6 Å². The average molecular weight is 384 g/mol. The van der Waals surface area contributed by atoms with Gasteiger partial charge >= 0.3 is 14.2 Å². The van der Waals surface area contributed by atoms with Crippen molar-refractivity contribution < 1.29 is 18.6 Å². The molecule has 1 aromatic rings. The first-order valence-corrected chi connectivity index (χ1v) is 10.3. The third-order valence-electron chi connectivity index (χ3n) is 6.71. The van der Waals surface area contributed by atoms with E-state index in [-0.39, 0.29) is 0 Å². The zero-order valence-corrected chi connectivity index (χ0v) is 18.7. The number of aryl methyl sites for hydroxylation is 1. The molecular weight excluding hydrogens is 350 g/mol. The summed E-state index contributed by atoms with van der Waals surface area (Å²) in [5, 5.41) is 0.924. The van der Waals surface area contributed by atoms with Crippen LogP contribution >= 0.6 is 0 Å². The average Bonchev–Trinajstić information content (AvgIpc) is 2.91. The highest BCUT2D eigenvalue weighted by Crippen LogP contribution is 2.43. The summed E-state index contributed by atoms with van der Waals surface area (Å²) in [4.78, 5) is 0. The molecule has 2 aliphatic rings. The number of hydrogen-bond acceptors (Lipinski definition) is 4. The Balaban J connectivity index is 1.84. The molecular formula is C22H34B2O4. The fourth-order valence-corrected chi connectivity index (χ4v) is 3.31. The van der Waals surface area contributed by atoms with Crippen molar-refractivity contribution >= 4 is 14.2 Å². The van der Waals surface area contributed by atoms with Gasteiger partial charge in [0.1, 0.15) is 0 Å². The van der Waals surface area contributed by atoms with Crippen LogP contribution in [-0.4, -0.2) is 36.6 Å². The van der Waals surface area contributed by atoms with E-state index in [0.717, 1.165) is 18.2 Å². The Morgan fingerprint density at radius 3 is 1.50 bits per heavy atom. The van der Waals surface area contributed by atoms with Crippen LogP contribution < -0.4 is 0 Å². The molecule has 0 aliphatic carbocycles. The highest BCUT2D eigenvalue weighted by atomic mass is 16.7. The number of allylic oxidation sites excluding steroid dienone is 1. The SMILES string of the molecule is CC1(C)OB(C(=CCCc2ccccc2)B2OC(C)(C)C(C)(C)O2)OC1(C)C. The molecule has 0 N–H and O–H groups in total. The van der Waals surface area contributed by atoms with Gasteiger partial charge in [0.05, 0.1) is 22.4 Å². The molecule has 1 aromatic carbocycles. The molecule has 2 heterocycles. The summed E-state index contributed by atoms with van der Waals surface area (Å²) in [5.41, 5.74) is -0.305. The van der Waals surface area contributed by atoms with Crippen molar-refractivity contribution in [1.29, 1.82) is 0 Å². The third kappa shape index (κ3) is 4.11. The van der Waals surface area contributed by atoms with Gasteiger partial charge in [-0.15, -0.1) is 0 Å². The fraction of sp³-hybridized carbons (Fsp3) is 0.636. The molecule has 0 spiro atoms. The molecule has 0 amide bonds. The van der Waals surface area contributed by atoms with Crippen molar-refractivity contribution in [3.63, 3.8) is 0 Å². The Kier molecular flexibility index (Phi) is 5.65. The van der Waals surface area contributed by atoms with Crippen LogP contribution in [0.3, 0.4) is 0 Å². The van der Waals surface area contributed by atoms with Gasteiger partial charge in [-0.3, -0.25) is 0 Å². The van der Waals surface area contributed by atoms with Gasteiger partial charge in [-0.1, -0.05) is 36.4 Å². The normalized spacial score (nSPS) is 24.4. The summed E-state index contributed by atoms with van der Waals surface area (Å²) in [6.45, 7) is 16.5. The van der Waals surface area contributed by atoms with Crippen molar-refractivity contribution in [2.75, 3.05) is 0 Å². The minimum Gasteiger partial charge on any atom is -0.400 e. The van der Waals surface area contributed by atoms with Gasteiger partial charge in [-0.05, 0) is 79.2 Å². The molecule has 28 heavy (non-hydrogen) atoms. The van der Waals surface area contributed by atoms with Crippen LogP contribution in [0.1, 0.15) is 67.4 Å². The summed E-state index contributed by atoms with van der Waals surface area (Å²) in [7, 11) is -0.953. The lowest BCUT2D eigenvalue weighted by molar-refractivity contribution is 0.00578. The van der Waals surface area contributed by atoms with Gasteiger partial charge in [-0.25, -0.2) is 0 Å². The number of benzene rings is 1. The van der Waals surface area contributed by atoms with Crippen LogP contribution in [0.25, 0.3) is 0 Å². The molecule has 0 atom stereocenters. The standard InChI is InChI=1S/C22H34B2O4/c1-19(2)20(3,4)26-23(25-19)18(16-12-15-17-13-10-9-11-14-17)24-27-21(5,6)22(7,8)28-24/h9-11,13-14,16H,12,15H2,1-8H3. The first-order chi connectivity index (χ1) is 12.8. The van der Waals surface area contributed by atoms with Crippen molar-refractivity contribution in [3.8, 4) is 0 Å². The van der Waals surface area contributed by atoms with Crippen molar-refractivity contribution in [2.45, 2.75) is 90.6 Å². The molecule has 0 unspecified atom stereocenters. The molecule has 2 saturated heterocycles. The van der Waals surface area contributed by atoms with Gasteiger partial charge < -0.3 is 18.6 Å². The molecule has 0 bridgehead atoms. The highest BCUT2D eigenvalue weighted by molar-refractivity contribution is 6.78. The summed E-state index contributed by atoms with van der Waals surface area (Å²) in [6, 6.07) is 10.5. The van der Waals surface area contributed by atoms with Crippen molar-refractivity contribution in [3.05, 3.63) is 47.3 Å². The van der Waals surface area contributed by atoms with Gasteiger partial charge in [-0.2, -0.15) is 0 Å². The Morgan fingerprint density at radius 1 is 0.714 bits per heavy atom. The molecule has 2 fully saturated rings. The molecule has 0 aromatic heterocycles. The third-order valence-corrected chi connectivity index (χ3v) is 6.71. The second-order valence-corrected chi connectivity index (χ2v) is 9.90. The number of rotatable bonds is 5. The van der Waals surface area contributed by atoms with Crippen molar-refractivity contribution in [1.82, 2.24) is 0 Å². The monoisotopic (exact) mass is 384 g/mol. The maximum absolute atomic E-state index is 6.33. The van der Waals surface area contributed by atoms with E-state index in [1.165, 1.54) is 5.56 Å². The lowest BCUT2D eigenvalue weighted by Gasteiger charge is -2.32. The quantitative estimate of drug-likeness (QED) is 0.683. The Hall–Kier alpha value is -1.07. The Bertz CT molecular complexity index is 655. The Morgan fingerprint density at radius 2 is 1.11 bits per heavy atom. The molecule has 0 saturated carbocycles. The van der Waals surface area contributed by atoms with E-state index in [2.05, 4.69) is 85.7 Å². The molecule has 3 rings (SSSR count). The number of hydrogen-bond donors (Lipinski definition) is 0. The lowest BCUT2D eigenvalue weighted by Crippen LogP contribution is -2.41. The highest BCUT2D eigenvalue weighted by Gasteiger charge is 2.59. The van der Waals surface area contributed by atoms with Crippen LogP contribution in [0.2, 0.25) is 0 Å². The van der Waals surface area contributed by atoms with Crippen LogP contribution in [0.15, 0.2) is 41.8 Å². The van der Waals surface area contributed by atoms with E-state index in [0.29, 0.717) is 0 Å². The predicted octanol–water partition coefficient (Wildman–Crippen LogP) is 4.81. The molecule has 6 heteroatoms. The van der Waals surface area contributed by atoms with E-state index < -0.39 is 36.6 Å². The van der Waals surface area contributed by atoms with Crippen molar-refractivity contribution in [2.24, 2.45) is 0 Å². The lowest BCUT2D eigenvalue weighted by atomic mass is 9.57. The van der Waals surface area contributed by atoms with Gasteiger partial charge in [0.25, 0.3) is 0 Å².